The first-order valence-corrected chi connectivity index (χ1v) is 6.41. The van der Waals surface area contributed by atoms with Gasteiger partial charge in [-0.3, -0.25) is 4.98 Å². The lowest BCUT2D eigenvalue weighted by Gasteiger charge is -2.19. The van der Waals surface area contributed by atoms with Gasteiger partial charge in [0.1, 0.15) is 0 Å². The molecule has 1 aromatic heterocycles. The molecule has 0 fully saturated rings. The van der Waals surface area contributed by atoms with Gasteiger partial charge in [-0.2, -0.15) is 13.2 Å². The molecule has 0 atom stereocenters. The van der Waals surface area contributed by atoms with E-state index in [1.165, 1.54) is 5.56 Å². The second-order valence-electron chi connectivity index (χ2n) is 5.68. The summed E-state index contributed by atoms with van der Waals surface area (Å²) in [5, 5.41) is 2.39. The highest BCUT2D eigenvalue weighted by Crippen LogP contribution is 2.22. The van der Waals surface area contributed by atoms with Gasteiger partial charge in [0.25, 0.3) is 0 Å². The first-order valence-electron chi connectivity index (χ1n) is 6.41. The molecule has 108 valence electrons. The van der Waals surface area contributed by atoms with E-state index in [4.69, 9.17) is 0 Å². The molecule has 19 heavy (non-hydrogen) atoms. The van der Waals surface area contributed by atoms with E-state index < -0.39 is 12.7 Å². The number of hydrogen-bond acceptors (Lipinski definition) is 2. The number of aromatic nitrogens is 1. The standard InChI is InChI=1S/C14H21F3N2/c1-13(2,3)11-6-8-19-12(9-11)5-4-7-18-10-14(15,16)17/h6,8-9,18H,4-5,7,10H2,1-3H3. The summed E-state index contributed by atoms with van der Waals surface area (Å²) in [5.74, 6) is 0. The van der Waals surface area contributed by atoms with Gasteiger partial charge >= 0.3 is 6.18 Å². The molecule has 0 saturated carbocycles. The van der Waals surface area contributed by atoms with Crippen LogP contribution in [0.1, 0.15) is 38.4 Å². The second kappa shape index (κ2) is 6.37. The summed E-state index contributed by atoms with van der Waals surface area (Å²) >= 11 is 0. The van der Waals surface area contributed by atoms with Crippen molar-refractivity contribution in [2.24, 2.45) is 0 Å². The van der Waals surface area contributed by atoms with E-state index in [9.17, 15) is 13.2 Å². The number of pyridine rings is 1. The molecule has 5 heteroatoms. The average molecular weight is 274 g/mol. The van der Waals surface area contributed by atoms with Gasteiger partial charge in [-0.05, 0) is 42.5 Å². The molecule has 0 amide bonds. The van der Waals surface area contributed by atoms with E-state index in [2.05, 4.69) is 31.1 Å². The zero-order chi connectivity index (χ0) is 14.5. The fourth-order valence-corrected chi connectivity index (χ4v) is 1.71. The van der Waals surface area contributed by atoms with Gasteiger partial charge in [0.2, 0.25) is 0 Å². The molecular formula is C14H21F3N2. The predicted octanol–water partition coefficient (Wildman–Crippen LogP) is 3.46. The van der Waals surface area contributed by atoms with Crippen LogP contribution in [0.5, 0.6) is 0 Å². The van der Waals surface area contributed by atoms with Crippen molar-refractivity contribution in [3.8, 4) is 0 Å². The maximum absolute atomic E-state index is 11.9. The minimum Gasteiger partial charge on any atom is -0.309 e. The zero-order valence-corrected chi connectivity index (χ0v) is 11.6. The van der Waals surface area contributed by atoms with Crippen LogP contribution in [-0.2, 0) is 11.8 Å². The van der Waals surface area contributed by atoms with Crippen LogP contribution in [0.3, 0.4) is 0 Å². The van der Waals surface area contributed by atoms with Crippen LogP contribution in [0.2, 0.25) is 0 Å². The highest BCUT2D eigenvalue weighted by molar-refractivity contribution is 5.23. The summed E-state index contributed by atoms with van der Waals surface area (Å²) in [6.07, 6.45) is -1.03. The molecule has 0 aliphatic heterocycles. The Labute approximate surface area is 112 Å². The number of halogens is 3. The topological polar surface area (TPSA) is 24.9 Å². The number of alkyl halides is 3. The Balaban J connectivity index is 2.38. The van der Waals surface area contributed by atoms with Gasteiger partial charge in [0, 0.05) is 11.9 Å². The van der Waals surface area contributed by atoms with E-state index in [0.717, 1.165) is 5.69 Å². The van der Waals surface area contributed by atoms with E-state index in [1.54, 1.807) is 6.20 Å². The van der Waals surface area contributed by atoms with Gasteiger partial charge in [-0.25, -0.2) is 0 Å². The maximum Gasteiger partial charge on any atom is 0.401 e. The lowest BCUT2D eigenvalue weighted by molar-refractivity contribution is -0.124. The monoisotopic (exact) mass is 274 g/mol. The first kappa shape index (κ1) is 16.0. The molecular weight excluding hydrogens is 253 g/mol. The van der Waals surface area contributed by atoms with Gasteiger partial charge in [-0.15, -0.1) is 0 Å². The van der Waals surface area contributed by atoms with Crippen molar-refractivity contribution in [2.45, 2.75) is 45.2 Å². The third-order valence-corrected chi connectivity index (χ3v) is 2.79. The Morgan fingerprint density at radius 3 is 2.47 bits per heavy atom. The fourth-order valence-electron chi connectivity index (χ4n) is 1.71. The molecule has 2 nitrogen and oxygen atoms in total. The number of nitrogens with zero attached hydrogens (tertiary/aromatic N) is 1. The Morgan fingerprint density at radius 1 is 1.21 bits per heavy atom. The molecule has 0 aliphatic rings. The molecule has 1 heterocycles. The normalized spacial score (nSPS) is 12.7. The van der Waals surface area contributed by atoms with Crippen molar-refractivity contribution in [3.63, 3.8) is 0 Å². The van der Waals surface area contributed by atoms with E-state index in [0.29, 0.717) is 19.4 Å². The van der Waals surface area contributed by atoms with Gasteiger partial charge in [-0.1, -0.05) is 20.8 Å². The molecule has 0 unspecified atom stereocenters. The molecule has 0 bridgehead atoms. The minimum absolute atomic E-state index is 0.0617. The molecule has 1 rings (SSSR count). The lowest BCUT2D eigenvalue weighted by Crippen LogP contribution is -2.29. The van der Waals surface area contributed by atoms with Gasteiger partial charge in [0.05, 0.1) is 6.54 Å². The first-order chi connectivity index (χ1) is 8.68. The highest BCUT2D eigenvalue weighted by Gasteiger charge is 2.25. The molecule has 1 N–H and O–H groups in total. The molecule has 0 saturated heterocycles. The average Bonchev–Trinajstić information content (AvgIpc) is 2.26. The Hall–Kier alpha value is -1.10. The number of nitrogens with one attached hydrogen (secondary N) is 1. The molecule has 0 aromatic carbocycles. The minimum atomic E-state index is -4.13. The maximum atomic E-state index is 11.9. The van der Waals surface area contributed by atoms with Crippen LogP contribution in [0.4, 0.5) is 13.2 Å². The molecule has 1 aromatic rings. The van der Waals surface area contributed by atoms with Gasteiger partial charge in [0.15, 0.2) is 0 Å². The summed E-state index contributed by atoms with van der Waals surface area (Å²) in [6, 6.07) is 4.01. The van der Waals surface area contributed by atoms with E-state index in [1.807, 2.05) is 12.1 Å². The van der Waals surface area contributed by atoms with Crippen LogP contribution in [0, 0.1) is 0 Å². The van der Waals surface area contributed by atoms with Crippen molar-refractivity contribution in [1.82, 2.24) is 10.3 Å². The molecule has 0 aliphatic carbocycles. The third kappa shape index (κ3) is 6.57. The quantitative estimate of drug-likeness (QED) is 0.832. The van der Waals surface area contributed by atoms with Gasteiger partial charge < -0.3 is 5.32 Å². The van der Waals surface area contributed by atoms with E-state index in [-0.39, 0.29) is 5.41 Å². The highest BCUT2D eigenvalue weighted by atomic mass is 19.4. The van der Waals surface area contributed by atoms with Crippen LogP contribution in [0.15, 0.2) is 18.3 Å². The summed E-state index contributed by atoms with van der Waals surface area (Å²) in [7, 11) is 0. The fraction of sp³-hybridized carbons (Fsp3) is 0.643. The van der Waals surface area contributed by atoms with Crippen LogP contribution >= 0.6 is 0 Å². The number of hydrogen-bond donors (Lipinski definition) is 1. The van der Waals surface area contributed by atoms with Crippen molar-refractivity contribution in [2.75, 3.05) is 13.1 Å². The summed E-state index contributed by atoms with van der Waals surface area (Å²) in [4.78, 5) is 4.25. The van der Waals surface area contributed by atoms with Crippen molar-refractivity contribution < 1.29 is 13.2 Å². The third-order valence-electron chi connectivity index (χ3n) is 2.79. The van der Waals surface area contributed by atoms with E-state index >= 15 is 0 Å². The van der Waals surface area contributed by atoms with Crippen molar-refractivity contribution in [3.05, 3.63) is 29.6 Å². The SMILES string of the molecule is CC(C)(C)c1ccnc(CCCNCC(F)(F)F)c1. The summed E-state index contributed by atoms with van der Waals surface area (Å²) < 4.78 is 35.7. The largest absolute Gasteiger partial charge is 0.401 e. The summed E-state index contributed by atoms with van der Waals surface area (Å²) in [6.45, 7) is 5.79. The van der Waals surface area contributed by atoms with Crippen LogP contribution in [-0.4, -0.2) is 24.2 Å². The Morgan fingerprint density at radius 2 is 1.89 bits per heavy atom. The van der Waals surface area contributed by atoms with Crippen LogP contribution in [0.25, 0.3) is 0 Å². The van der Waals surface area contributed by atoms with Crippen LogP contribution < -0.4 is 5.32 Å². The second-order valence-corrected chi connectivity index (χ2v) is 5.68. The van der Waals surface area contributed by atoms with Crippen molar-refractivity contribution in [1.29, 1.82) is 0 Å². The van der Waals surface area contributed by atoms with Crippen molar-refractivity contribution >= 4 is 0 Å². The summed E-state index contributed by atoms with van der Waals surface area (Å²) in [5.41, 5.74) is 2.19. The molecule has 0 radical (unpaired) electrons. The lowest BCUT2D eigenvalue weighted by atomic mass is 9.87. The Bertz CT molecular complexity index is 394. The Kier molecular flexibility index (Phi) is 5.35. The number of rotatable bonds is 5. The number of aryl methyl sites for hydroxylation is 1. The molecule has 0 spiro atoms. The zero-order valence-electron chi connectivity index (χ0n) is 11.6. The predicted molar refractivity (Wildman–Crippen MR) is 70.2 cm³/mol. The smallest absolute Gasteiger partial charge is 0.309 e.